The predicted molar refractivity (Wildman–Crippen MR) is 91.3 cm³/mol. The SMILES string of the molecule is Cc1nc(C(=O)NC2C[C@@H]3CC(NC(=O)c4cnco4)C[C@@H]3C2)cs1. The van der Waals surface area contributed by atoms with Crippen molar-refractivity contribution < 1.29 is 14.0 Å². The molecule has 2 amide bonds. The van der Waals surface area contributed by atoms with Gasteiger partial charge in [0.05, 0.1) is 11.2 Å². The Balaban J connectivity index is 1.27. The van der Waals surface area contributed by atoms with Crippen molar-refractivity contribution in [3.8, 4) is 0 Å². The molecule has 7 nitrogen and oxygen atoms in total. The molecule has 0 aliphatic heterocycles. The molecule has 0 aromatic carbocycles. The topological polar surface area (TPSA) is 97.1 Å². The fourth-order valence-corrected chi connectivity index (χ4v) is 4.76. The Bertz CT molecular complexity index is 759. The molecule has 4 rings (SSSR count). The third kappa shape index (κ3) is 3.44. The van der Waals surface area contributed by atoms with Crippen molar-refractivity contribution in [3.63, 3.8) is 0 Å². The van der Waals surface area contributed by atoms with Gasteiger partial charge in [-0.25, -0.2) is 9.97 Å². The lowest BCUT2D eigenvalue weighted by Gasteiger charge is -2.16. The lowest BCUT2D eigenvalue weighted by Crippen LogP contribution is -2.36. The van der Waals surface area contributed by atoms with E-state index in [1.54, 1.807) is 5.38 Å². The molecule has 4 atom stereocenters. The van der Waals surface area contributed by atoms with E-state index in [0.717, 1.165) is 30.7 Å². The maximum atomic E-state index is 12.2. The number of nitrogens with zero attached hydrogens (tertiary/aromatic N) is 2. The lowest BCUT2D eigenvalue weighted by atomic mass is 10.0. The average molecular weight is 360 g/mol. The van der Waals surface area contributed by atoms with Gasteiger partial charge in [0.2, 0.25) is 5.76 Å². The van der Waals surface area contributed by atoms with Crippen molar-refractivity contribution in [1.82, 2.24) is 20.6 Å². The number of amides is 2. The maximum Gasteiger partial charge on any atom is 0.288 e. The van der Waals surface area contributed by atoms with Crippen molar-refractivity contribution in [1.29, 1.82) is 0 Å². The van der Waals surface area contributed by atoms with E-state index in [9.17, 15) is 9.59 Å². The Labute approximate surface area is 149 Å². The summed E-state index contributed by atoms with van der Waals surface area (Å²) in [6.07, 6.45) is 6.52. The van der Waals surface area contributed by atoms with Gasteiger partial charge in [0.1, 0.15) is 5.69 Å². The minimum atomic E-state index is -0.203. The van der Waals surface area contributed by atoms with Gasteiger partial charge in [-0.05, 0) is 44.4 Å². The van der Waals surface area contributed by atoms with Crippen LogP contribution in [0.15, 0.2) is 22.4 Å². The summed E-state index contributed by atoms with van der Waals surface area (Å²) in [5.41, 5.74) is 0.511. The number of hydrogen-bond donors (Lipinski definition) is 2. The van der Waals surface area contributed by atoms with E-state index in [1.807, 2.05) is 6.92 Å². The summed E-state index contributed by atoms with van der Waals surface area (Å²) in [5.74, 6) is 1.06. The second kappa shape index (κ2) is 6.59. The normalized spacial score (nSPS) is 27.9. The zero-order chi connectivity index (χ0) is 17.4. The van der Waals surface area contributed by atoms with E-state index in [2.05, 4.69) is 20.6 Å². The smallest absolute Gasteiger partial charge is 0.288 e. The summed E-state index contributed by atoms with van der Waals surface area (Å²) < 4.78 is 5.03. The summed E-state index contributed by atoms with van der Waals surface area (Å²) in [4.78, 5) is 32.3. The molecule has 2 N–H and O–H groups in total. The largest absolute Gasteiger partial charge is 0.438 e. The summed E-state index contributed by atoms with van der Waals surface area (Å²) in [5, 5.41) is 8.84. The summed E-state index contributed by atoms with van der Waals surface area (Å²) in [6, 6.07) is 0.376. The number of aryl methyl sites for hydroxylation is 1. The molecular weight excluding hydrogens is 340 g/mol. The van der Waals surface area contributed by atoms with Gasteiger partial charge < -0.3 is 15.1 Å². The number of hydrogen-bond acceptors (Lipinski definition) is 6. The zero-order valence-electron chi connectivity index (χ0n) is 13.9. The van der Waals surface area contributed by atoms with Crippen molar-refractivity contribution in [2.45, 2.75) is 44.7 Å². The summed E-state index contributed by atoms with van der Waals surface area (Å²) >= 11 is 1.49. The number of nitrogens with one attached hydrogen (secondary N) is 2. The van der Waals surface area contributed by atoms with E-state index in [1.165, 1.54) is 23.9 Å². The van der Waals surface area contributed by atoms with Crippen molar-refractivity contribution in [2.24, 2.45) is 11.8 Å². The highest BCUT2D eigenvalue weighted by molar-refractivity contribution is 7.09. The molecule has 0 spiro atoms. The predicted octanol–water partition coefficient (Wildman–Crippen LogP) is 2.16. The van der Waals surface area contributed by atoms with Gasteiger partial charge in [0.15, 0.2) is 6.39 Å². The molecular formula is C17H20N4O3S. The van der Waals surface area contributed by atoms with Crippen molar-refractivity contribution in [2.75, 3.05) is 0 Å². The van der Waals surface area contributed by atoms with E-state index >= 15 is 0 Å². The first-order chi connectivity index (χ1) is 12.1. The molecule has 2 saturated carbocycles. The third-order valence-electron chi connectivity index (χ3n) is 5.19. The van der Waals surface area contributed by atoms with Crippen LogP contribution >= 0.6 is 11.3 Å². The quantitative estimate of drug-likeness (QED) is 0.871. The Hall–Kier alpha value is -2.22. The molecule has 2 fully saturated rings. The molecule has 2 aliphatic rings. The number of carbonyl (C=O) groups excluding carboxylic acids is 2. The van der Waals surface area contributed by atoms with Crippen LogP contribution < -0.4 is 10.6 Å². The lowest BCUT2D eigenvalue weighted by molar-refractivity contribution is 0.0908. The van der Waals surface area contributed by atoms with Crippen LogP contribution in [0.5, 0.6) is 0 Å². The van der Waals surface area contributed by atoms with Crippen LogP contribution in [-0.2, 0) is 0 Å². The highest BCUT2D eigenvalue weighted by Crippen LogP contribution is 2.44. The number of carbonyl (C=O) groups is 2. The number of thiazole rings is 1. The second-order valence-electron chi connectivity index (χ2n) is 6.92. The van der Waals surface area contributed by atoms with Gasteiger partial charge in [-0.15, -0.1) is 11.3 Å². The highest BCUT2D eigenvalue weighted by atomic mass is 32.1. The number of oxazole rings is 1. The minimum Gasteiger partial charge on any atom is -0.438 e. The molecule has 2 heterocycles. The van der Waals surface area contributed by atoms with Gasteiger partial charge >= 0.3 is 0 Å². The van der Waals surface area contributed by atoms with Gasteiger partial charge in [-0.3, -0.25) is 9.59 Å². The Morgan fingerprint density at radius 3 is 2.28 bits per heavy atom. The number of aromatic nitrogens is 2. The molecule has 2 aromatic rings. The first-order valence-electron chi connectivity index (χ1n) is 8.51. The highest BCUT2D eigenvalue weighted by Gasteiger charge is 2.42. The van der Waals surface area contributed by atoms with Crippen molar-refractivity contribution >= 4 is 23.2 Å². The van der Waals surface area contributed by atoms with Crippen LogP contribution in [0.2, 0.25) is 0 Å². The monoisotopic (exact) mass is 360 g/mol. The molecule has 2 aliphatic carbocycles. The van der Waals surface area contributed by atoms with Crippen molar-refractivity contribution in [3.05, 3.63) is 34.4 Å². The summed E-state index contributed by atoms with van der Waals surface area (Å²) in [7, 11) is 0. The fourth-order valence-electron chi connectivity index (χ4n) is 4.16. The van der Waals surface area contributed by atoms with Gasteiger partial charge in [0, 0.05) is 17.5 Å². The average Bonchev–Trinajstić information content (AvgIpc) is 3.30. The first-order valence-corrected chi connectivity index (χ1v) is 9.39. The molecule has 132 valence electrons. The Kier molecular flexibility index (Phi) is 4.29. The molecule has 25 heavy (non-hydrogen) atoms. The van der Waals surface area contributed by atoms with E-state index in [0.29, 0.717) is 17.5 Å². The summed E-state index contributed by atoms with van der Waals surface area (Å²) in [6.45, 7) is 1.90. The van der Waals surface area contributed by atoms with Gasteiger partial charge in [-0.2, -0.15) is 0 Å². The molecule has 0 saturated heterocycles. The maximum absolute atomic E-state index is 12.2. The van der Waals surface area contributed by atoms with E-state index in [4.69, 9.17) is 4.42 Å². The second-order valence-corrected chi connectivity index (χ2v) is 7.98. The van der Waals surface area contributed by atoms with Gasteiger partial charge in [-0.1, -0.05) is 0 Å². The third-order valence-corrected chi connectivity index (χ3v) is 5.97. The van der Waals surface area contributed by atoms with Crippen LogP contribution in [0.25, 0.3) is 0 Å². The molecule has 2 aromatic heterocycles. The molecule has 8 heteroatoms. The van der Waals surface area contributed by atoms with Crippen LogP contribution in [-0.4, -0.2) is 33.9 Å². The van der Waals surface area contributed by atoms with E-state index in [-0.39, 0.29) is 29.7 Å². The molecule has 0 bridgehead atoms. The minimum absolute atomic E-state index is 0.0792. The van der Waals surface area contributed by atoms with Crippen LogP contribution in [0, 0.1) is 18.8 Å². The standard InChI is InChI=1S/C17H20N4O3S/c1-9-19-14(7-25-9)16(22)20-12-2-10-4-13(5-11(10)3-12)21-17(23)15-6-18-8-24-15/h6-8,10-13H,2-5H2,1H3,(H,20,22)(H,21,23)/t10-,11+,12?,13?. The Morgan fingerprint density at radius 2 is 1.76 bits per heavy atom. The first kappa shape index (κ1) is 16.3. The van der Waals surface area contributed by atoms with Crippen LogP contribution in [0.3, 0.4) is 0 Å². The fraction of sp³-hybridized carbons (Fsp3) is 0.529. The zero-order valence-corrected chi connectivity index (χ0v) is 14.7. The number of fused-ring (bicyclic) bond motifs is 1. The van der Waals surface area contributed by atoms with Gasteiger partial charge in [0.25, 0.3) is 11.8 Å². The van der Waals surface area contributed by atoms with E-state index < -0.39 is 0 Å². The number of rotatable bonds is 4. The molecule has 2 unspecified atom stereocenters. The van der Waals surface area contributed by atoms with Crippen LogP contribution in [0.1, 0.15) is 51.7 Å². The van der Waals surface area contributed by atoms with Crippen LogP contribution in [0.4, 0.5) is 0 Å². The molecule has 0 radical (unpaired) electrons. The Morgan fingerprint density at radius 1 is 1.12 bits per heavy atom.